The second kappa shape index (κ2) is 5.77. The molecule has 1 aromatic rings. The SMILES string of the molecule is O=C(COC(=O)[C@@H]1[C@@H]2C[C@@H]3[C@H]1C(=O)O[C@H]3C2)Nc1ccccc1Cl. The van der Waals surface area contributed by atoms with Crippen LogP contribution in [0.15, 0.2) is 24.3 Å². The van der Waals surface area contributed by atoms with Crippen molar-refractivity contribution >= 4 is 35.1 Å². The maximum absolute atomic E-state index is 12.4. The topological polar surface area (TPSA) is 81.7 Å². The minimum atomic E-state index is -0.487. The van der Waals surface area contributed by atoms with E-state index in [1.54, 1.807) is 24.3 Å². The van der Waals surface area contributed by atoms with Gasteiger partial charge in [0.25, 0.3) is 5.91 Å². The largest absolute Gasteiger partial charge is 0.462 e. The number of anilines is 1. The number of esters is 2. The second-order valence-corrected chi connectivity index (χ2v) is 6.97. The average Bonchev–Trinajstić information content (AvgIpc) is 3.16. The van der Waals surface area contributed by atoms with Crippen molar-refractivity contribution in [3.8, 4) is 0 Å². The van der Waals surface area contributed by atoms with Crippen molar-refractivity contribution in [1.82, 2.24) is 0 Å². The number of nitrogens with one attached hydrogen (secondary N) is 1. The first-order valence-electron chi connectivity index (χ1n) is 7.96. The van der Waals surface area contributed by atoms with Gasteiger partial charge in [0, 0.05) is 5.92 Å². The van der Waals surface area contributed by atoms with Gasteiger partial charge in [-0.1, -0.05) is 23.7 Å². The van der Waals surface area contributed by atoms with Crippen LogP contribution in [-0.4, -0.2) is 30.6 Å². The fourth-order valence-electron chi connectivity index (χ4n) is 4.31. The molecule has 24 heavy (non-hydrogen) atoms. The van der Waals surface area contributed by atoms with Crippen LogP contribution in [0.3, 0.4) is 0 Å². The first-order valence-corrected chi connectivity index (χ1v) is 8.34. The molecular weight excluding hydrogens is 334 g/mol. The molecule has 2 bridgehead atoms. The van der Waals surface area contributed by atoms with Gasteiger partial charge >= 0.3 is 11.9 Å². The molecule has 5 atom stereocenters. The highest BCUT2D eigenvalue weighted by Crippen LogP contribution is 2.57. The smallest absolute Gasteiger partial charge is 0.310 e. The summed E-state index contributed by atoms with van der Waals surface area (Å²) in [5.74, 6) is -1.87. The van der Waals surface area contributed by atoms with Crippen LogP contribution in [-0.2, 0) is 23.9 Å². The number of carbonyl (C=O) groups excluding carboxylic acids is 3. The number of hydrogen-bond acceptors (Lipinski definition) is 5. The van der Waals surface area contributed by atoms with Gasteiger partial charge in [0.1, 0.15) is 6.10 Å². The van der Waals surface area contributed by atoms with E-state index in [-0.39, 0.29) is 23.9 Å². The van der Waals surface area contributed by atoms with Crippen molar-refractivity contribution in [2.24, 2.45) is 23.7 Å². The van der Waals surface area contributed by atoms with E-state index in [0.29, 0.717) is 10.7 Å². The molecule has 1 aliphatic heterocycles. The molecule has 1 heterocycles. The molecule has 0 spiro atoms. The van der Waals surface area contributed by atoms with Crippen molar-refractivity contribution in [3.05, 3.63) is 29.3 Å². The van der Waals surface area contributed by atoms with Crippen LogP contribution in [0.2, 0.25) is 5.02 Å². The maximum atomic E-state index is 12.4. The molecule has 3 aliphatic rings. The number of amides is 1. The minimum absolute atomic E-state index is 0.0277. The van der Waals surface area contributed by atoms with E-state index in [0.717, 1.165) is 12.8 Å². The summed E-state index contributed by atoms with van der Waals surface area (Å²) in [4.78, 5) is 36.2. The molecule has 3 fully saturated rings. The van der Waals surface area contributed by atoms with Gasteiger partial charge in [-0.2, -0.15) is 0 Å². The van der Waals surface area contributed by atoms with Crippen molar-refractivity contribution in [3.63, 3.8) is 0 Å². The lowest BCUT2D eigenvalue weighted by Gasteiger charge is -2.22. The van der Waals surface area contributed by atoms with Gasteiger partial charge in [0.15, 0.2) is 6.61 Å². The van der Waals surface area contributed by atoms with Gasteiger partial charge < -0.3 is 14.8 Å². The number of rotatable bonds is 4. The van der Waals surface area contributed by atoms with Gasteiger partial charge in [-0.25, -0.2) is 0 Å². The Bertz CT molecular complexity index is 719. The number of carbonyl (C=O) groups is 3. The Morgan fingerprint density at radius 1 is 1.29 bits per heavy atom. The molecule has 0 radical (unpaired) electrons. The number of halogens is 1. The number of ether oxygens (including phenoxy) is 2. The third-order valence-electron chi connectivity index (χ3n) is 5.25. The first kappa shape index (κ1) is 15.4. The lowest BCUT2D eigenvalue weighted by molar-refractivity contribution is -0.157. The van der Waals surface area contributed by atoms with Gasteiger partial charge in [-0.05, 0) is 30.9 Å². The highest BCUT2D eigenvalue weighted by Gasteiger charge is 2.64. The highest BCUT2D eigenvalue weighted by atomic mass is 35.5. The Labute approximate surface area is 143 Å². The number of para-hydroxylation sites is 1. The van der Waals surface area contributed by atoms with Crippen molar-refractivity contribution in [1.29, 1.82) is 0 Å². The molecule has 6 nitrogen and oxygen atoms in total. The van der Waals surface area contributed by atoms with Crippen LogP contribution in [0.25, 0.3) is 0 Å². The predicted octanol–water partition coefficient (Wildman–Crippen LogP) is 2.02. The van der Waals surface area contributed by atoms with E-state index in [4.69, 9.17) is 21.1 Å². The molecular formula is C17H16ClNO5. The van der Waals surface area contributed by atoms with Crippen molar-refractivity contribution < 1.29 is 23.9 Å². The Morgan fingerprint density at radius 3 is 2.88 bits per heavy atom. The van der Waals surface area contributed by atoms with Gasteiger partial charge in [-0.3, -0.25) is 14.4 Å². The normalized spacial score (nSPS) is 32.5. The van der Waals surface area contributed by atoms with E-state index in [1.807, 2.05) is 0 Å². The minimum Gasteiger partial charge on any atom is -0.462 e. The monoisotopic (exact) mass is 349 g/mol. The van der Waals surface area contributed by atoms with E-state index in [9.17, 15) is 14.4 Å². The fourth-order valence-corrected chi connectivity index (χ4v) is 4.49. The number of benzene rings is 1. The Hall–Kier alpha value is -2.08. The lowest BCUT2D eigenvalue weighted by atomic mass is 9.80. The number of hydrogen-bond donors (Lipinski definition) is 1. The van der Waals surface area contributed by atoms with Crippen LogP contribution in [0.5, 0.6) is 0 Å². The summed E-state index contributed by atoms with van der Waals surface area (Å²) in [7, 11) is 0. The van der Waals surface area contributed by atoms with E-state index in [2.05, 4.69) is 5.32 Å². The van der Waals surface area contributed by atoms with Crippen LogP contribution in [0.4, 0.5) is 5.69 Å². The lowest BCUT2D eigenvalue weighted by Crippen LogP contribution is -2.34. The Balaban J connectivity index is 1.35. The van der Waals surface area contributed by atoms with Crippen LogP contribution < -0.4 is 5.32 Å². The Kier molecular flexibility index (Phi) is 3.72. The zero-order chi connectivity index (χ0) is 16.8. The zero-order valence-electron chi connectivity index (χ0n) is 12.7. The summed E-state index contributed by atoms with van der Waals surface area (Å²) in [5.41, 5.74) is 0.461. The highest BCUT2D eigenvalue weighted by molar-refractivity contribution is 6.33. The molecule has 1 saturated heterocycles. The number of fused-ring (bicyclic) bond motifs is 1. The first-order chi connectivity index (χ1) is 11.5. The summed E-state index contributed by atoms with van der Waals surface area (Å²) in [6.45, 7) is -0.400. The van der Waals surface area contributed by atoms with Crippen LogP contribution in [0.1, 0.15) is 12.8 Å². The standard InChI is InChI=1S/C17H16ClNO5/c18-10-3-1-2-4-11(10)19-13(20)7-23-16(21)14-8-5-9-12(6-8)24-17(22)15(9)14/h1-4,8-9,12,14-15H,5-7H2,(H,19,20)/t8-,9+,12+,14-,15-/m1/s1. The summed E-state index contributed by atoms with van der Waals surface area (Å²) < 4.78 is 10.4. The fraction of sp³-hybridized carbons (Fsp3) is 0.471. The average molecular weight is 350 g/mol. The third kappa shape index (κ3) is 2.45. The Morgan fingerprint density at radius 2 is 2.08 bits per heavy atom. The molecule has 2 aliphatic carbocycles. The second-order valence-electron chi connectivity index (χ2n) is 6.56. The molecule has 1 aromatic carbocycles. The molecule has 0 aromatic heterocycles. The third-order valence-corrected chi connectivity index (χ3v) is 5.58. The summed E-state index contributed by atoms with van der Waals surface area (Å²) >= 11 is 5.96. The summed E-state index contributed by atoms with van der Waals surface area (Å²) in [6, 6.07) is 6.80. The van der Waals surface area contributed by atoms with Crippen LogP contribution >= 0.6 is 11.6 Å². The predicted molar refractivity (Wildman–Crippen MR) is 84.1 cm³/mol. The maximum Gasteiger partial charge on any atom is 0.310 e. The van der Waals surface area contributed by atoms with Gasteiger partial charge in [-0.15, -0.1) is 0 Å². The van der Waals surface area contributed by atoms with Crippen molar-refractivity contribution in [2.75, 3.05) is 11.9 Å². The van der Waals surface area contributed by atoms with E-state index in [1.165, 1.54) is 0 Å². The van der Waals surface area contributed by atoms with Gasteiger partial charge in [0.2, 0.25) is 0 Å². The molecule has 1 amide bonds. The van der Waals surface area contributed by atoms with Crippen molar-refractivity contribution in [2.45, 2.75) is 18.9 Å². The molecule has 7 heteroatoms. The summed E-state index contributed by atoms with van der Waals surface area (Å²) in [6.07, 6.45) is 1.52. The molecule has 1 N–H and O–H groups in total. The molecule has 4 rings (SSSR count). The molecule has 126 valence electrons. The summed E-state index contributed by atoms with van der Waals surface area (Å²) in [5, 5.41) is 3.00. The van der Waals surface area contributed by atoms with Gasteiger partial charge in [0.05, 0.1) is 22.5 Å². The van der Waals surface area contributed by atoms with Crippen LogP contribution in [0, 0.1) is 23.7 Å². The van der Waals surface area contributed by atoms with E-state index < -0.39 is 30.3 Å². The molecule has 0 unspecified atom stereocenters. The zero-order valence-corrected chi connectivity index (χ0v) is 13.5. The molecule has 2 saturated carbocycles. The van der Waals surface area contributed by atoms with E-state index >= 15 is 0 Å². The quantitative estimate of drug-likeness (QED) is 0.841.